The standard InChI is InChI=1S/C16H21FN4O2/c17-11-7-18-16(19-8-11)21-9-13(12-3-6-23-14(12)10-21)15(22)20-4-1-2-5-20/h7-8,12-14H,1-6,9-10H2/t12-,13-,14+/m0/s1. The van der Waals surface area contributed by atoms with Crippen molar-refractivity contribution < 1.29 is 13.9 Å². The summed E-state index contributed by atoms with van der Waals surface area (Å²) in [6, 6.07) is 0. The van der Waals surface area contributed by atoms with Gasteiger partial charge in [0.1, 0.15) is 0 Å². The smallest absolute Gasteiger partial charge is 0.227 e. The third-order valence-corrected chi connectivity index (χ3v) is 5.22. The second kappa shape index (κ2) is 6.03. The van der Waals surface area contributed by atoms with E-state index in [1.165, 1.54) is 12.4 Å². The van der Waals surface area contributed by atoms with Crippen LogP contribution in [0.1, 0.15) is 19.3 Å². The van der Waals surface area contributed by atoms with Crippen LogP contribution in [-0.2, 0) is 9.53 Å². The normalized spacial score (nSPS) is 30.6. The molecule has 0 radical (unpaired) electrons. The number of anilines is 1. The molecular formula is C16H21FN4O2. The van der Waals surface area contributed by atoms with Crippen molar-refractivity contribution in [2.75, 3.05) is 37.7 Å². The van der Waals surface area contributed by atoms with Crippen LogP contribution in [0.4, 0.5) is 10.3 Å². The second-order valence-corrected chi connectivity index (χ2v) is 6.61. The number of nitrogens with zero attached hydrogens (tertiary/aromatic N) is 4. The predicted molar refractivity (Wildman–Crippen MR) is 81.4 cm³/mol. The van der Waals surface area contributed by atoms with Crippen molar-refractivity contribution in [3.63, 3.8) is 0 Å². The molecule has 6 nitrogen and oxygen atoms in total. The summed E-state index contributed by atoms with van der Waals surface area (Å²) in [7, 11) is 0. The van der Waals surface area contributed by atoms with E-state index >= 15 is 0 Å². The highest BCUT2D eigenvalue weighted by Crippen LogP contribution is 2.36. The number of rotatable bonds is 2. The third-order valence-electron chi connectivity index (χ3n) is 5.22. The van der Waals surface area contributed by atoms with E-state index in [1.807, 2.05) is 9.80 Å². The molecule has 3 fully saturated rings. The summed E-state index contributed by atoms with van der Waals surface area (Å²) in [6.07, 6.45) is 5.49. The molecule has 0 saturated carbocycles. The van der Waals surface area contributed by atoms with Crippen LogP contribution in [0.25, 0.3) is 0 Å². The van der Waals surface area contributed by atoms with Gasteiger partial charge in [0.15, 0.2) is 5.82 Å². The van der Waals surface area contributed by atoms with Crippen LogP contribution in [-0.4, -0.2) is 59.7 Å². The first-order chi connectivity index (χ1) is 11.2. The highest BCUT2D eigenvalue weighted by molar-refractivity contribution is 5.80. The van der Waals surface area contributed by atoms with Crippen LogP contribution >= 0.6 is 0 Å². The first-order valence-corrected chi connectivity index (χ1v) is 8.35. The zero-order chi connectivity index (χ0) is 15.8. The van der Waals surface area contributed by atoms with Crippen molar-refractivity contribution >= 4 is 11.9 Å². The first kappa shape index (κ1) is 14.8. The van der Waals surface area contributed by atoms with Crippen LogP contribution < -0.4 is 4.90 Å². The Hall–Kier alpha value is -1.76. The summed E-state index contributed by atoms with van der Waals surface area (Å²) in [5.41, 5.74) is 0. The van der Waals surface area contributed by atoms with E-state index in [1.54, 1.807) is 0 Å². The number of fused-ring (bicyclic) bond motifs is 1. The molecule has 1 aromatic rings. The fraction of sp³-hybridized carbons (Fsp3) is 0.688. The van der Waals surface area contributed by atoms with E-state index in [0.717, 1.165) is 32.4 Å². The van der Waals surface area contributed by atoms with Gasteiger partial charge in [0, 0.05) is 38.7 Å². The molecule has 4 rings (SSSR count). The maximum Gasteiger partial charge on any atom is 0.227 e. The Labute approximate surface area is 134 Å². The zero-order valence-corrected chi connectivity index (χ0v) is 13.0. The third kappa shape index (κ3) is 2.78. The quantitative estimate of drug-likeness (QED) is 0.816. The summed E-state index contributed by atoms with van der Waals surface area (Å²) in [6.45, 7) is 3.68. The van der Waals surface area contributed by atoms with Gasteiger partial charge in [0.2, 0.25) is 11.9 Å². The predicted octanol–water partition coefficient (Wildman–Crippen LogP) is 1.08. The van der Waals surface area contributed by atoms with Gasteiger partial charge in [0.25, 0.3) is 0 Å². The van der Waals surface area contributed by atoms with Crippen molar-refractivity contribution in [2.45, 2.75) is 25.4 Å². The Morgan fingerprint density at radius 3 is 2.70 bits per heavy atom. The molecule has 4 heterocycles. The number of amides is 1. The van der Waals surface area contributed by atoms with Crippen molar-refractivity contribution in [1.82, 2.24) is 14.9 Å². The minimum Gasteiger partial charge on any atom is -0.376 e. The van der Waals surface area contributed by atoms with E-state index < -0.39 is 5.82 Å². The van der Waals surface area contributed by atoms with Gasteiger partial charge in [-0.1, -0.05) is 0 Å². The molecule has 124 valence electrons. The van der Waals surface area contributed by atoms with Crippen LogP contribution in [0.15, 0.2) is 12.4 Å². The monoisotopic (exact) mass is 320 g/mol. The lowest BCUT2D eigenvalue weighted by Gasteiger charge is -2.40. The summed E-state index contributed by atoms with van der Waals surface area (Å²) >= 11 is 0. The minimum absolute atomic E-state index is 0.0361. The fourth-order valence-electron chi connectivity index (χ4n) is 4.04. The largest absolute Gasteiger partial charge is 0.376 e. The molecule has 0 unspecified atom stereocenters. The van der Waals surface area contributed by atoms with E-state index in [-0.39, 0.29) is 23.8 Å². The molecular weight excluding hydrogens is 299 g/mol. The van der Waals surface area contributed by atoms with Crippen LogP contribution in [0.5, 0.6) is 0 Å². The van der Waals surface area contributed by atoms with Crippen molar-refractivity contribution in [3.05, 3.63) is 18.2 Å². The Morgan fingerprint density at radius 2 is 1.96 bits per heavy atom. The highest BCUT2D eigenvalue weighted by atomic mass is 19.1. The molecule has 3 aliphatic rings. The lowest BCUT2D eigenvalue weighted by Crippen LogP contribution is -2.53. The minimum atomic E-state index is -0.453. The summed E-state index contributed by atoms with van der Waals surface area (Å²) in [4.78, 5) is 25.0. The molecule has 1 aromatic heterocycles. The van der Waals surface area contributed by atoms with Gasteiger partial charge >= 0.3 is 0 Å². The molecule has 3 aliphatic heterocycles. The molecule has 0 N–H and O–H groups in total. The van der Waals surface area contributed by atoms with Crippen LogP contribution in [0.2, 0.25) is 0 Å². The Bertz CT molecular complexity index is 576. The molecule has 7 heteroatoms. The summed E-state index contributed by atoms with van der Waals surface area (Å²) < 4.78 is 18.9. The van der Waals surface area contributed by atoms with Gasteiger partial charge in [-0.25, -0.2) is 14.4 Å². The number of ether oxygens (including phenoxy) is 1. The maximum absolute atomic E-state index is 13.0. The van der Waals surface area contributed by atoms with E-state index in [9.17, 15) is 9.18 Å². The van der Waals surface area contributed by atoms with Gasteiger partial charge in [-0.05, 0) is 19.3 Å². The van der Waals surface area contributed by atoms with Gasteiger partial charge in [-0.15, -0.1) is 0 Å². The molecule has 0 bridgehead atoms. The molecule has 1 amide bonds. The molecule has 3 saturated heterocycles. The molecule has 0 spiro atoms. The number of carbonyl (C=O) groups excluding carboxylic acids is 1. The summed E-state index contributed by atoms with van der Waals surface area (Å²) in [5, 5.41) is 0. The highest BCUT2D eigenvalue weighted by Gasteiger charge is 2.45. The van der Waals surface area contributed by atoms with Gasteiger partial charge < -0.3 is 14.5 Å². The number of aromatic nitrogens is 2. The summed E-state index contributed by atoms with van der Waals surface area (Å²) in [5.74, 6) is 0.447. The molecule has 3 atom stereocenters. The molecule has 0 aliphatic carbocycles. The van der Waals surface area contributed by atoms with Gasteiger partial charge in [0.05, 0.1) is 24.4 Å². The van der Waals surface area contributed by atoms with Crippen molar-refractivity contribution in [2.24, 2.45) is 11.8 Å². The zero-order valence-electron chi connectivity index (χ0n) is 13.0. The number of piperidine rings is 1. The average Bonchev–Trinajstić information content (AvgIpc) is 3.25. The second-order valence-electron chi connectivity index (χ2n) is 6.61. The van der Waals surface area contributed by atoms with Gasteiger partial charge in [-0.3, -0.25) is 4.79 Å². The Morgan fingerprint density at radius 1 is 1.22 bits per heavy atom. The topological polar surface area (TPSA) is 58.6 Å². The average molecular weight is 320 g/mol. The van der Waals surface area contributed by atoms with Crippen molar-refractivity contribution in [3.8, 4) is 0 Å². The maximum atomic E-state index is 13.0. The van der Waals surface area contributed by atoms with E-state index in [0.29, 0.717) is 25.6 Å². The number of hydrogen-bond donors (Lipinski definition) is 0. The molecule has 23 heavy (non-hydrogen) atoms. The van der Waals surface area contributed by atoms with Crippen molar-refractivity contribution in [1.29, 1.82) is 0 Å². The lowest BCUT2D eigenvalue weighted by molar-refractivity contribution is -0.137. The molecule has 0 aromatic carbocycles. The number of carbonyl (C=O) groups is 1. The first-order valence-electron chi connectivity index (χ1n) is 8.35. The Kier molecular flexibility index (Phi) is 3.88. The van der Waals surface area contributed by atoms with Crippen LogP contribution in [0.3, 0.4) is 0 Å². The van der Waals surface area contributed by atoms with E-state index in [4.69, 9.17) is 4.74 Å². The number of hydrogen-bond acceptors (Lipinski definition) is 5. The lowest BCUT2D eigenvalue weighted by atomic mass is 9.82. The van der Waals surface area contributed by atoms with Gasteiger partial charge in [-0.2, -0.15) is 0 Å². The SMILES string of the molecule is O=C([C@H]1CN(c2ncc(F)cn2)C[C@H]2OCC[C@@H]12)N1CCCC1. The number of halogens is 1. The number of likely N-dealkylation sites (tertiary alicyclic amines) is 1. The fourth-order valence-corrected chi connectivity index (χ4v) is 4.04. The van der Waals surface area contributed by atoms with E-state index in [2.05, 4.69) is 9.97 Å². The van der Waals surface area contributed by atoms with Crippen LogP contribution in [0, 0.1) is 17.7 Å². The Balaban J connectivity index is 1.56.